The summed E-state index contributed by atoms with van der Waals surface area (Å²) in [5, 5.41) is 6.13. The quantitative estimate of drug-likeness (QED) is 0.608. The van der Waals surface area contributed by atoms with Crippen LogP contribution < -0.4 is 19.7 Å². The molecule has 31 heavy (non-hydrogen) atoms. The van der Waals surface area contributed by atoms with E-state index in [9.17, 15) is 9.59 Å². The Morgan fingerprint density at radius 3 is 2.84 bits per heavy atom. The molecule has 0 fully saturated rings. The fraction of sp³-hybridized carbons (Fsp3) is 0.227. The van der Waals surface area contributed by atoms with Crippen molar-refractivity contribution in [1.29, 1.82) is 0 Å². The summed E-state index contributed by atoms with van der Waals surface area (Å²) >= 11 is 7.59. The molecule has 3 aromatic rings. The van der Waals surface area contributed by atoms with E-state index in [2.05, 4.69) is 10.3 Å². The number of ether oxygens (including phenoxy) is 2. The van der Waals surface area contributed by atoms with Gasteiger partial charge in [-0.1, -0.05) is 11.6 Å². The van der Waals surface area contributed by atoms with E-state index in [-0.39, 0.29) is 18.4 Å². The molecular formula is C22H20ClN3O4S. The fourth-order valence-corrected chi connectivity index (χ4v) is 4.13. The van der Waals surface area contributed by atoms with E-state index in [4.69, 9.17) is 21.1 Å². The first-order valence-corrected chi connectivity index (χ1v) is 10.8. The van der Waals surface area contributed by atoms with Crippen molar-refractivity contribution in [3.63, 3.8) is 0 Å². The molecule has 160 valence electrons. The van der Waals surface area contributed by atoms with E-state index in [0.29, 0.717) is 27.9 Å². The van der Waals surface area contributed by atoms with Crippen molar-refractivity contribution in [3.05, 3.63) is 51.8 Å². The molecule has 0 bridgehead atoms. The lowest BCUT2D eigenvalue weighted by atomic mass is 10.1. The Bertz CT molecular complexity index is 1160. The van der Waals surface area contributed by atoms with Crippen molar-refractivity contribution >= 4 is 46.1 Å². The Morgan fingerprint density at radius 1 is 1.32 bits per heavy atom. The van der Waals surface area contributed by atoms with Gasteiger partial charge in [0.05, 0.1) is 29.2 Å². The Morgan fingerprint density at radius 2 is 2.13 bits per heavy atom. The predicted molar refractivity (Wildman–Crippen MR) is 121 cm³/mol. The third kappa shape index (κ3) is 4.35. The number of aromatic nitrogens is 1. The maximum atomic E-state index is 12.9. The van der Waals surface area contributed by atoms with Gasteiger partial charge in [-0.05, 0) is 50.2 Å². The van der Waals surface area contributed by atoms with Crippen LogP contribution in [0.15, 0.2) is 41.8 Å². The molecule has 2 amide bonds. The van der Waals surface area contributed by atoms with Crippen LogP contribution in [0.3, 0.4) is 0 Å². The largest absolute Gasteiger partial charge is 0.495 e. The number of carbonyl (C=O) groups excluding carboxylic acids is 2. The van der Waals surface area contributed by atoms with Crippen molar-refractivity contribution in [2.24, 2.45) is 0 Å². The lowest BCUT2D eigenvalue weighted by Crippen LogP contribution is -2.47. The minimum atomic E-state index is -0.701. The number of nitrogens with zero attached hydrogens (tertiary/aromatic N) is 2. The van der Waals surface area contributed by atoms with Crippen LogP contribution in [0.4, 0.5) is 11.4 Å². The Kier molecular flexibility index (Phi) is 5.84. The van der Waals surface area contributed by atoms with Crippen molar-refractivity contribution < 1.29 is 19.1 Å². The van der Waals surface area contributed by atoms with E-state index in [1.165, 1.54) is 12.0 Å². The highest BCUT2D eigenvalue weighted by Crippen LogP contribution is 2.38. The number of halogens is 1. The molecule has 1 unspecified atom stereocenters. The number of methoxy groups -OCH3 is 1. The van der Waals surface area contributed by atoms with Crippen LogP contribution in [0.1, 0.15) is 11.9 Å². The van der Waals surface area contributed by atoms with Crippen LogP contribution in [0.25, 0.3) is 11.3 Å². The number of benzene rings is 2. The maximum absolute atomic E-state index is 12.9. The lowest BCUT2D eigenvalue weighted by molar-refractivity contribution is -0.127. The van der Waals surface area contributed by atoms with Crippen LogP contribution >= 0.6 is 22.9 Å². The van der Waals surface area contributed by atoms with Gasteiger partial charge in [0, 0.05) is 16.0 Å². The van der Waals surface area contributed by atoms with E-state index in [0.717, 1.165) is 16.3 Å². The molecule has 2 aromatic carbocycles. The van der Waals surface area contributed by atoms with E-state index >= 15 is 0 Å². The highest BCUT2D eigenvalue weighted by Gasteiger charge is 2.33. The molecule has 4 rings (SSSR count). The Balaban J connectivity index is 1.63. The molecule has 1 N–H and O–H groups in total. The SMILES string of the molecule is COc1ccc(Cl)cc1NC(=O)CN1C(=O)C(C)Oc2ccc(-c3csc(C)n3)cc21. The van der Waals surface area contributed by atoms with Crippen molar-refractivity contribution in [1.82, 2.24) is 4.98 Å². The number of fused-ring (bicyclic) bond motifs is 1. The molecule has 0 spiro atoms. The zero-order valence-electron chi connectivity index (χ0n) is 17.1. The van der Waals surface area contributed by atoms with Crippen LogP contribution in [0.2, 0.25) is 5.02 Å². The first kappa shape index (κ1) is 21.1. The minimum absolute atomic E-state index is 0.186. The van der Waals surface area contributed by atoms with Crippen LogP contribution in [0, 0.1) is 6.92 Å². The second-order valence-corrected chi connectivity index (χ2v) is 8.51. The summed E-state index contributed by atoms with van der Waals surface area (Å²) in [6.07, 6.45) is -0.701. The van der Waals surface area contributed by atoms with Crippen molar-refractivity contribution in [2.45, 2.75) is 20.0 Å². The second-order valence-electron chi connectivity index (χ2n) is 7.01. The Hall–Kier alpha value is -3.10. The van der Waals surface area contributed by atoms with Gasteiger partial charge in [-0.25, -0.2) is 4.98 Å². The monoisotopic (exact) mass is 457 g/mol. The average molecular weight is 458 g/mol. The third-order valence-electron chi connectivity index (χ3n) is 4.82. The molecule has 0 saturated carbocycles. The summed E-state index contributed by atoms with van der Waals surface area (Å²) < 4.78 is 11.0. The molecule has 0 radical (unpaired) electrons. The third-order valence-corrected chi connectivity index (χ3v) is 5.83. The van der Waals surface area contributed by atoms with Crippen LogP contribution in [0.5, 0.6) is 11.5 Å². The molecular weight excluding hydrogens is 438 g/mol. The van der Waals surface area contributed by atoms with Crippen LogP contribution in [-0.4, -0.2) is 36.6 Å². The molecule has 1 atom stereocenters. The first-order chi connectivity index (χ1) is 14.9. The number of hydrogen-bond donors (Lipinski definition) is 1. The van der Waals surface area contributed by atoms with Gasteiger partial charge in [0.25, 0.3) is 5.91 Å². The number of amides is 2. The minimum Gasteiger partial charge on any atom is -0.495 e. The van der Waals surface area contributed by atoms with E-state index < -0.39 is 6.10 Å². The van der Waals surface area contributed by atoms with Gasteiger partial charge in [0.15, 0.2) is 6.10 Å². The number of nitrogens with one attached hydrogen (secondary N) is 1. The number of aryl methyl sites for hydroxylation is 1. The summed E-state index contributed by atoms with van der Waals surface area (Å²) in [4.78, 5) is 31.6. The van der Waals surface area contributed by atoms with Gasteiger partial charge in [0.2, 0.25) is 5.91 Å². The standard InChI is InChI=1S/C22H20ClN3O4S/c1-12-22(28)26(10-21(27)25-16-9-15(23)5-7-19(16)29-3)18-8-14(4-6-20(18)30-12)17-11-31-13(2)24-17/h4-9,11-12H,10H2,1-3H3,(H,25,27). The number of carbonyl (C=O) groups is 2. The van der Waals surface area contributed by atoms with Gasteiger partial charge < -0.3 is 14.8 Å². The van der Waals surface area contributed by atoms with Gasteiger partial charge in [-0.15, -0.1) is 11.3 Å². The molecule has 7 nitrogen and oxygen atoms in total. The molecule has 0 saturated heterocycles. The van der Waals surface area contributed by atoms with Crippen molar-refractivity contribution in [3.8, 4) is 22.8 Å². The highest BCUT2D eigenvalue weighted by atomic mass is 35.5. The van der Waals surface area contributed by atoms with Gasteiger partial charge in [-0.2, -0.15) is 0 Å². The zero-order valence-corrected chi connectivity index (χ0v) is 18.7. The smallest absolute Gasteiger partial charge is 0.268 e. The molecule has 1 aromatic heterocycles. The fourth-order valence-electron chi connectivity index (χ4n) is 3.34. The summed E-state index contributed by atoms with van der Waals surface area (Å²) in [6, 6.07) is 10.4. The number of thiazole rings is 1. The number of anilines is 2. The summed E-state index contributed by atoms with van der Waals surface area (Å²) in [5.74, 6) is 0.327. The summed E-state index contributed by atoms with van der Waals surface area (Å²) in [7, 11) is 1.50. The topological polar surface area (TPSA) is 80.8 Å². The van der Waals surface area contributed by atoms with Gasteiger partial charge >= 0.3 is 0 Å². The molecule has 9 heteroatoms. The summed E-state index contributed by atoms with van der Waals surface area (Å²) in [5.41, 5.74) is 2.61. The van der Waals surface area contributed by atoms with E-state index in [1.807, 2.05) is 24.4 Å². The highest BCUT2D eigenvalue weighted by molar-refractivity contribution is 7.09. The molecule has 2 heterocycles. The lowest BCUT2D eigenvalue weighted by Gasteiger charge is -2.33. The van der Waals surface area contributed by atoms with Gasteiger partial charge in [-0.3, -0.25) is 14.5 Å². The number of rotatable bonds is 5. The normalized spacial score (nSPS) is 15.3. The average Bonchev–Trinajstić information content (AvgIpc) is 3.17. The number of hydrogen-bond acceptors (Lipinski definition) is 6. The molecule has 1 aliphatic heterocycles. The van der Waals surface area contributed by atoms with Crippen molar-refractivity contribution in [2.75, 3.05) is 23.9 Å². The Labute approximate surface area is 188 Å². The molecule has 0 aliphatic carbocycles. The second kappa shape index (κ2) is 8.56. The first-order valence-electron chi connectivity index (χ1n) is 9.53. The maximum Gasteiger partial charge on any atom is 0.268 e. The predicted octanol–water partition coefficient (Wildman–Crippen LogP) is 4.53. The zero-order chi connectivity index (χ0) is 22.1. The van der Waals surface area contributed by atoms with E-state index in [1.54, 1.807) is 42.5 Å². The summed E-state index contributed by atoms with van der Waals surface area (Å²) in [6.45, 7) is 3.41. The molecule has 1 aliphatic rings. The van der Waals surface area contributed by atoms with Gasteiger partial charge in [0.1, 0.15) is 18.0 Å². The van der Waals surface area contributed by atoms with Crippen LogP contribution in [-0.2, 0) is 9.59 Å².